The molecule has 1 unspecified atom stereocenters. The molecule has 1 atom stereocenters. The van der Waals surface area contributed by atoms with Crippen molar-refractivity contribution in [1.82, 2.24) is 10.2 Å². The SMILES string of the molecule is COc1ccc(OCC(=O)NCC2CN(Cc3ccccc3)CCO2)cc1. The predicted octanol–water partition coefficient (Wildman–Crippen LogP) is 2.09. The highest BCUT2D eigenvalue weighted by Gasteiger charge is 2.21. The molecule has 2 aromatic rings. The first-order valence-electron chi connectivity index (χ1n) is 9.14. The number of amides is 1. The van der Waals surface area contributed by atoms with Gasteiger partial charge in [0.1, 0.15) is 11.5 Å². The molecule has 0 spiro atoms. The average Bonchev–Trinajstić information content (AvgIpc) is 2.72. The number of hydrogen-bond donors (Lipinski definition) is 1. The standard InChI is InChI=1S/C21H26N2O4/c1-25-18-7-9-19(10-8-18)27-16-21(24)22-13-20-15-23(11-12-26-20)14-17-5-3-2-4-6-17/h2-10,20H,11-16H2,1H3,(H,22,24). The Bertz CT molecular complexity index is 706. The van der Waals surface area contributed by atoms with Crippen LogP contribution in [-0.2, 0) is 16.1 Å². The zero-order valence-corrected chi connectivity index (χ0v) is 15.6. The van der Waals surface area contributed by atoms with E-state index in [0.717, 1.165) is 25.4 Å². The van der Waals surface area contributed by atoms with Crippen molar-refractivity contribution in [1.29, 1.82) is 0 Å². The van der Waals surface area contributed by atoms with Gasteiger partial charge in [-0.1, -0.05) is 30.3 Å². The van der Waals surface area contributed by atoms with Gasteiger partial charge in [0.15, 0.2) is 6.61 Å². The number of benzene rings is 2. The normalized spacial score (nSPS) is 17.3. The number of rotatable bonds is 8. The second-order valence-corrected chi connectivity index (χ2v) is 6.48. The van der Waals surface area contributed by atoms with Gasteiger partial charge in [0.25, 0.3) is 5.91 Å². The molecule has 1 heterocycles. The lowest BCUT2D eigenvalue weighted by molar-refractivity contribution is -0.124. The maximum Gasteiger partial charge on any atom is 0.258 e. The first kappa shape index (κ1) is 19.2. The molecule has 0 saturated carbocycles. The quantitative estimate of drug-likeness (QED) is 0.771. The fourth-order valence-electron chi connectivity index (χ4n) is 2.99. The van der Waals surface area contributed by atoms with E-state index < -0.39 is 0 Å². The van der Waals surface area contributed by atoms with Crippen molar-refractivity contribution in [3.05, 3.63) is 60.2 Å². The molecule has 0 bridgehead atoms. The summed E-state index contributed by atoms with van der Waals surface area (Å²) in [5, 5.41) is 2.89. The van der Waals surface area contributed by atoms with E-state index >= 15 is 0 Å². The molecule has 0 aliphatic carbocycles. The summed E-state index contributed by atoms with van der Waals surface area (Å²) in [6.45, 7) is 3.74. The van der Waals surface area contributed by atoms with E-state index in [1.807, 2.05) is 6.07 Å². The molecule has 0 radical (unpaired) electrons. The molecule has 2 aromatic carbocycles. The van der Waals surface area contributed by atoms with Crippen LogP contribution in [0.15, 0.2) is 54.6 Å². The van der Waals surface area contributed by atoms with Crippen LogP contribution in [0.25, 0.3) is 0 Å². The highest BCUT2D eigenvalue weighted by molar-refractivity contribution is 5.77. The van der Waals surface area contributed by atoms with Gasteiger partial charge in [-0.05, 0) is 29.8 Å². The number of carbonyl (C=O) groups excluding carboxylic acids is 1. The van der Waals surface area contributed by atoms with E-state index in [0.29, 0.717) is 18.9 Å². The number of morpholine rings is 1. The van der Waals surface area contributed by atoms with E-state index in [9.17, 15) is 4.79 Å². The van der Waals surface area contributed by atoms with E-state index in [1.165, 1.54) is 5.56 Å². The minimum absolute atomic E-state index is 0.00704. The van der Waals surface area contributed by atoms with Crippen molar-refractivity contribution < 1.29 is 19.0 Å². The first-order chi connectivity index (χ1) is 13.2. The van der Waals surface area contributed by atoms with Crippen molar-refractivity contribution >= 4 is 5.91 Å². The van der Waals surface area contributed by atoms with Crippen molar-refractivity contribution in [3.8, 4) is 11.5 Å². The second kappa shape index (κ2) is 9.94. The van der Waals surface area contributed by atoms with Crippen LogP contribution in [-0.4, -0.2) is 56.9 Å². The Balaban J connectivity index is 1.37. The summed E-state index contributed by atoms with van der Waals surface area (Å²) >= 11 is 0. The van der Waals surface area contributed by atoms with Gasteiger partial charge < -0.3 is 19.5 Å². The molecule has 6 heteroatoms. The van der Waals surface area contributed by atoms with Crippen LogP contribution in [0.1, 0.15) is 5.56 Å². The van der Waals surface area contributed by atoms with Gasteiger partial charge in [-0.2, -0.15) is 0 Å². The zero-order valence-electron chi connectivity index (χ0n) is 15.6. The Morgan fingerprint density at radius 2 is 1.89 bits per heavy atom. The highest BCUT2D eigenvalue weighted by atomic mass is 16.5. The molecule has 1 fully saturated rings. The summed E-state index contributed by atoms with van der Waals surface area (Å²) in [6, 6.07) is 17.5. The van der Waals surface area contributed by atoms with Crippen molar-refractivity contribution in [3.63, 3.8) is 0 Å². The van der Waals surface area contributed by atoms with E-state index in [4.69, 9.17) is 14.2 Å². The van der Waals surface area contributed by atoms with E-state index in [-0.39, 0.29) is 18.6 Å². The highest BCUT2D eigenvalue weighted by Crippen LogP contribution is 2.16. The van der Waals surface area contributed by atoms with Gasteiger partial charge in [0.2, 0.25) is 0 Å². The first-order valence-corrected chi connectivity index (χ1v) is 9.14. The Kier molecular flexibility index (Phi) is 7.07. The third kappa shape index (κ3) is 6.27. The number of nitrogens with zero attached hydrogens (tertiary/aromatic N) is 1. The van der Waals surface area contributed by atoms with Crippen molar-refractivity contribution in [2.45, 2.75) is 12.6 Å². The van der Waals surface area contributed by atoms with Gasteiger partial charge in [-0.15, -0.1) is 0 Å². The van der Waals surface area contributed by atoms with Crippen LogP contribution in [0.4, 0.5) is 0 Å². The fourth-order valence-corrected chi connectivity index (χ4v) is 2.99. The van der Waals surface area contributed by atoms with E-state index in [2.05, 4.69) is 34.5 Å². The topological polar surface area (TPSA) is 60.0 Å². The molecule has 1 aliphatic rings. The zero-order chi connectivity index (χ0) is 18.9. The van der Waals surface area contributed by atoms with Crippen molar-refractivity contribution in [2.24, 2.45) is 0 Å². The maximum absolute atomic E-state index is 12.0. The smallest absolute Gasteiger partial charge is 0.258 e. The monoisotopic (exact) mass is 370 g/mol. The van der Waals surface area contributed by atoms with Gasteiger partial charge in [0, 0.05) is 26.2 Å². The number of hydrogen-bond acceptors (Lipinski definition) is 5. The molecule has 6 nitrogen and oxygen atoms in total. The molecular weight excluding hydrogens is 344 g/mol. The Morgan fingerprint density at radius 1 is 1.15 bits per heavy atom. The third-order valence-corrected chi connectivity index (χ3v) is 4.43. The van der Waals surface area contributed by atoms with Crippen LogP contribution < -0.4 is 14.8 Å². The van der Waals surface area contributed by atoms with Gasteiger partial charge >= 0.3 is 0 Å². The minimum Gasteiger partial charge on any atom is -0.497 e. The number of ether oxygens (including phenoxy) is 3. The third-order valence-electron chi connectivity index (χ3n) is 4.43. The van der Waals surface area contributed by atoms with Crippen LogP contribution in [0, 0.1) is 0 Å². The Morgan fingerprint density at radius 3 is 2.63 bits per heavy atom. The molecule has 144 valence electrons. The van der Waals surface area contributed by atoms with Crippen LogP contribution in [0.3, 0.4) is 0 Å². The number of methoxy groups -OCH3 is 1. The molecule has 1 saturated heterocycles. The molecule has 0 aromatic heterocycles. The number of carbonyl (C=O) groups is 1. The fraction of sp³-hybridized carbons (Fsp3) is 0.381. The maximum atomic E-state index is 12.0. The average molecular weight is 370 g/mol. The van der Waals surface area contributed by atoms with E-state index in [1.54, 1.807) is 31.4 Å². The summed E-state index contributed by atoms with van der Waals surface area (Å²) < 4.78 is 16.4. The molecule has 27 heavy (non-hydrogen) atoms. The molecule has 1 N–H and O–H groups in total. The predicted molar refractivity (Wildman–Crippen MR) is 103 cm³/mol. The Hall–Kier alpha value is -2.57. The van der Waals surface area contributed by atoms with Crippen LogP contribution in [0.2, 0.25) is 0 Å². The van der Waals surface area contributed by atoms with Gasteiger partial charge in [-0.3, -0.25) is 9.69 Å². The van der Waals surface area contributed by atoms with Gasteiger partial charge in [0.05, 0.1) is 19.8 Å². The molecule has 1 aliphatic heterocycles. The molecular formula is C21H26N2O4. The second-order valence-electron chi connectivity index (χ2n) is 6.48. The lowest BCUT2D eigenvalue weighted by Gasteiger charge is -2.33. The lowest BCUT2D eigenvalue weighted by atomic mass is 10.2. The number of nitrogens with one attached hydrogen (secondary N) is 1. The Labute approximate surface area is 160 Å². The van der Waals surface area contributed by atoms with Crippen LogP contribution in [0.5, 0.6) is 11.5 Å². The summed E-state index contributed by atoms with van der Waals surface area (Å²) in [7, 11) is 1.61. The largest absolute Gasteiger partial charge is 0.497 e. The van der Waals surface area contributed by atoms with Crippen molar-refractivity contribution in [2.75, 3.05) is 40.0 Å². The molecule has 3 rings (SSSR count). The summed E-state index contributed by atoms with van der Waals surface area (Å²) in [5.41, 5.74) is 1.29. The summed E-state index contributed by atoms with van der Waals surface area (Å²) in [4.78, 5) is 14.4. The summed E-state index contributed by atoms with van der Waals surface area (Å²) in [6.07, 6.45) is -0.00704. The van der Waals surface area contributed by atoms with Gasteiger partial charge in [-0.25, -0.2) is 0 Å². The minimum atomic E-state index is -0.158. The summed E-state index contributed by atoms with van der Waals surface area (Å²) in [5.74, 6) is 1.23. The lowest BCUT2D eigenvalue weighted by Crippen LogP contribution is -2.47. The molecule has 1 amide bonds. The van der Waals surface area contributed by atoms with Crippen LogP contribution >= 0.6 is 0 Å².